The number of para-hydroxylation sites is 1. The van der Waals surface area contributed by atoms with E-state index in [-0.39, 0.29) is 0 Å². The summed E-state index contributed by atoms with van der Waals surface area (Å²) in [5.41, 5.74) is 1.90. The summed E-state index contributed by atoms with van der Waals surface area (Å²) < 4.78 is 8.26. The summed E-state index contributed by atoms with van der Waals surface area (Å²) in [6, 6.07) is 15.6. The average molecular weight is 330 g/mol. The van der Waals surface area contributed by atoms with Crippen LogP contribution in [0.25, 0.3) is 5.69 Å². The zero-order chi connectivity index (χ0) is 13.8. The highest BCUT2D eigenvalue weighted by atomic mass is 79.9. The lowest BCUT2D eigenvalue weighted by molar-refractivity contribution is 0.299. The van der Waals surface area contributed by atoms with Gasteiger partial charge in [-0.05, 0) is 46.3 Å². The first kappa shape index (κ1) is 12.9. The van der Waals surface area contributed by atoms with Gasteiger partial charge in [-0.25, -0.2) is 9.67 Å². The molecule has 0 radical (unpaired) electrons. The van der Waals surface area contributed by atoms with Crippen molar-refractivity contribution < 1.29 is 4.74 Å². The van der Waals surface area contributed by atoms with Gasteiger partial charge in [0.05, 0.1) is 11.9 Å². The van der Waals surface area contributed by atoms with Crippen molar-refractivity contribution in [3.8, 4) is 11.4 Å². The van der Waals surface area contributed by atoms with Crippen molar-refractivity contribution >= 4 is 15.9 Å². The fourth-order valence-electron chi connectivity index (χ4n) is 1.77. The molecule has 2 aromatic heterocycles. The standard InChI is InChI=1S/C15H12BrN3O/c16-15-7-6-14(10-17-15)20-11-12-8-9-19(18-12)13-4-2-1-3-5-13/h1-10H,11H2. The Morgan fingerprint density at radius 1 is 1.05 bits per heavy atom. The molecule has 5 heteroatoms. The Kier molecular flexibility index (Phi) is 3.78. The topological polar surface area (TPSA) is 39.9 Å². The van der Waals surface area contributed by atoms with E-state index < -0.39 is 0 Å². The summed E-state index contributed by atoms with van der Waals surface area (Å²) in [5.74, 6) is 0.725. The lowest BCUT2D eigenvalue weighted by atomic mass is 10.3. The molecule has 0 aliphatic rings. The van der Waals surface area contributed by atoms with Gasteiger partial charge >= 0.3 is 0 Å². The van der Waals surface area contributed by atoms with Gasteiger partial charge in [0.15, 0.2) is 0 Å². The van der Waals surface area contributed by atoms with Crippen LogP contribution in [-0.4, -0.2) is 14.8 Å². The van der Waals surface area contributed by atoms with E-state index in [1.54, 1.807) is 6.20 Å². The van der Waals surface area contributed by atoms with E-state index in [2.05, 4.69) is 26.0 Å². The van der Waals surface area contributed by atoms with Crippen molar-refractivity contribution in [3.63, 3.8) is 0 Å². The molecule has 0 spiro atoms. The van der Waals surface area contributed by atoms with Crippen molar-refractivity contribution in [2.24, 2.45) is 0 Å². The van der Waals surface area contributed by atoms with Crippen LogP contribution in [0.5, 0.6) is 5.75 Å². The van der Waals surface area contributed by atoms with E-state index >= 15 is 0 Å². The van der Waals surface area contributed by atoms with E-state index in [0.29, 0.717) is 6.61 Å². The second kappa shape index (κ2) is 5.88. The zero-order valence-corrected chi connectivity index (χ0v) is 12.2. The van der Waals surface area contributed by atoms with Crippen molar-refractivity contribution in [3.05, 3.63) is 71.2 Å². The van der Waals surface area contributed by atoms with Crippen LogP contribution >= 0.6 is 15.9 Å². The van der Waals surface area contributed by atoms with E-state index in [4.69, 9.17) is 4.74 Å². The minimum Gasteiger partial charge on any atom is -0.486 e. The van der Waals surface area contributed by atoms with Crippen molar-refractivity contribution in [1.82, 2.24) is 14.8 Å². The molecule has 4 nitrogen and oxygen atoms in total. The van der Waals surface area contributed by atoms with Crippen molar-refractivity contribution in [2.75, 3.05) is 0 Å². The monoisotopic (exact) mass is 329 g/mol. The summed E-state index contributed by atoms with van der Waals surface area (Å²) >= 11 is 3.29. The summed E-state index contributed by atoms with van der Waals surface area (Å²) in [5, 5.41) is 4.48. The van der Waals surface area contributed by atoms with Crippen LogP contribution in [0.2, 0.25) is 0 Å². The molecule has 3 rings (SSSR count). The summed E-state index contributed by atoms with van der Waals surface area (Å²) in [7, 11) is 0. The van der Waals surface area contributed by atoms with E-state index in [1.807, 2.05) is 59.4 Å². The largest absolute Gasteiger partial charge is 0.486 e. The van der Waals surface area contributed by atoms with Crippen LogP contribution in [0.1, 0.15) is 5.69 Å². The quantitative estimate of drug-likeness (QED) is 0.686. The maximum absolute atomic E-state index is 5.64. The van der Waals surface area contributed by atoms with Crippen LogP contribution in [0.15, 0.2) is 65.5 Å². The van der Waals surface area contributed by atoms with E-state index in [0.717, 1.165) is 21.7 Å². The Bertz CT molecular complexity index is 680. The number of aromatic nitrogens is 3. The molecule has 0 aliphatic carbocycles. The van der Waals surface area contributed by atoms with Crippen LogP contribution in [0.4, 0.5) is 0 Å². The molecule has 0 saturated carbocycles. The smallest absolute Gasteiger partial charge is 0.138 e. The molecule has 0 unspecified atom stereocenters. The van der Waals surface area contributed by atoms with E-state index in [9.17, 15) is 0 Å². The number of halogens is 1. The predicted octanol–water partition coefficient (Wildman–Crippen LogP) is 3.61. The molecule has 20 heavy (non-hydrogen) atoms. The third-order valence-electron chi connectivity index (χ3n) is 2.75. The Morgan fingerprint density at radius 2 is 1.90 bits per heavy atom. The highest BCUT2D eigenvalue weighted by Gasteiger charge is 2.02. The number of nitrogens with zero attached hydrogens (tertiary/aromatic N) is 3. The first-order valence-electron chi connectivity index (χ1n) is 6.15. The number of hydrogen-bond donors (Lipinski definition) is 0. The highest BCUT2D eigenvalue weighted by molar-refractivity contribution is 9.10. The summed E-state index contributed by atoms with van der Waals surface area (Å²) in [6.45, 7) is 0.420. The molecule has 0 aliphatic heterocycles. The second-order valence-electron chi connectivity index (χ2n) is 4.19. The molecule has 2 heterocycles. The molecule has 0 saturated heterocycles. The minimum absolute atomic E-state index is 0.420. The summed E-state index contributed by atoms with van der Waals surface area (Å²) in [4.78, 5) is 4.11. The molecular weight excluding hydrogens is 318 g/mol. The predicted molar refractivity (Wildman–Crippen MR) is 79.8 cm³/mol. The fourth-order valence-corrected chi connectivity index (χ4v) is 2.00. The molecule has 0 amide bonds. The Morgan fingerprint density at radius 3 is 2.65 bits per heavy atom. The average Bonchev–Trinajstić information content (AvgIpc) is 2.97. The van der Waals surface area contributed by atoms with Gasteiger partial charge in [-0.2, -0.15) is 5.10 Å². The number of rotatable bonds is 4. The van der Waals surface area contributed by atoms with E-state index in [1.165, 1.54) is 0 Å². The van der Waals surface area contributed by atoms with Gasteiger partial charge in [-0.3, -0.25) is 0 Å². The lowest BCUT2D eigenvalue weighted by Crippen LogP contribution is -1.99. The molecule has 3 aromatic rings. The van der Waals surface area contributed by atoms with Crippen LogP contribution in [0.3, 0.4) is 0 Å². The van der Waals surface area contributed by atoms with Gasteiger partial charge in [0, 0.05) is 6.20 Å². The van der Waals surface area contributed by atoms with Gasteiger partial charge in [0.25, 0.3) is 0 Å². The van der Waals surface area contributed by atoms with Gasteiger partial charge < -0.3 is 4.74 Å². The molecule has 0 atom stereocenters. The molecule has 0 bridgehead atoms. The van der Waals surface area contributed by atoms with Crippen molar-refractivity contribution in [2.45, 2.75) is 6.61 Å². The molecule has 1 aromatic carbocycles. The third kappa shape index (κ3) is 3.05. The molecule has 100 valence electrons. The number of pyridine rings is 1. The van der Waals surface area contributed by atoms with Crippen LogP contribution < -0.4 is 4.74 Å². The normalized spacial score (nSPS) is 10.4. The first-order valence-corrected chi connectivity index (χ1v) is 6.95. The number of hydrogen-bond acceptors (Lipinski definition) is 3. The second-order valence-corrected chi connectivity index (χ2v) is 5.00. The summed E-state index contributed by atoms with van der Waals surface area (Å²) in [6.07, 6.45) is 3.60. The van der Waals surface area contributed by atoms with Gasteiger partial charge in [-0.15, -0.1) is 0 Å². The minimum atomic E-state index is 0.420. The zero-order valence-electron chi connectivity index (χ0n) is 10.6. The molecular formula is C15H12BrN3O. The van der Waals surface area contributed by atoms with Gasteiger partial charge in [0.2, 0.25) is 0 Å². The van der Waals surface area contributed by atoms with Crippen molar-refractivity contribution in [1.29, 1.82) is 0 Å². The third-order valence-corrected chi connectivity index (χ3v) is 3.22. The first-order chi connectivity index (χ1) is 9.81. The highest BCUT2D eigenvalue weighted by Crippen LogP contribution is 2.14. The van der Waals surface area contributed by atoms with Crippen LogP contribution in [-0.2, 0) is 6.61 Å². The number of benzene rings is 1. The maximum Gasteiger partial charge on any atom is 0.138 e. The Labute approximate surface area is 125 Å². The Hall–Kier alpha value is -2.14. The van der Waals surface area contributed by atoms with Gasteiger partial charge in [0.1, 0.15) is 22.7 Å². The SMILES string of the molecule is Brc1ccc(OCc2ccn(-c3ccccc3)n2)cn1. The maximum atomic E-state index is 5.64. The lowest BCUT2D eigenvalue weighted by Gasteiger charge is -2.03. The number of ether oxygens (including phenoxy) is 1. The molecule has 0 N–H and O–H groups in total. The van der Waals surface area contributed by atoms with Crippen LogP contribution in [0, 0.1) is 0 Å². The van der Waals surface area contributed by atoms with Gasteiger partial charge in [-0.1, -0.05) is 18.2 Å². The fraction of sp³-hybridized carbons (Fsp3) is 0.0667. The molecule has 0 fully saturated rings. The Balaban J connectivity index is 1.67.